The Hall–Kier alpha value is -2.95. The van der Waals surface area contributed by atoms with Crippen LogP contribution in [0.1, 0.15) is 27.1 Å². The number of Topliss-reactive ketones (excluding diaryl/α,β-unsaturated/α-hetero) is 1. The number of esters is 2. The minimum Gasteiger partial charge on any atom is -0.462 e. The van der Waals surface area contributed by atoms with Crippen molar-refractivity contribution >= 4 is 17.7 Å². The quantitative estimate of drug-likeness (QED) is 0.758. The fourth-order valence-corrected chi connectivity index (χ4v) is 2.72. The van der Waals surface area contributed by atoms with Gasteiger partial charge in [-0.3, -0.25) is 4.79 Å². The van der Waals surface area contributed by atoms with E-state index in [2.05, 4.69) is 0 Å². The van der Waals surface area contributed by atoms with Crippen LogP contribution in [0.25, 0.3) is 0 Å². The Kier molecular flexibility index (Phi) is 5.23. The maximum Gasteiger partial charge on any atom is 0.338 e. The van der Waals surface area contributed by atoms with Crippen LogP contribution in [0.5, 0.6) is 0 Å². The molecule has 5 nitrogen and oxygen atoms in total. The summed E-state index contributed by atoms with van der Waals surface area (Å²) in [6, 6.07) is 17.3. The molecule has 0 spiro atoms. The highest BCUT2D eigenvalue weighted by molar-refractivity contribution is 5.91. The van der Waals surface area contributed by atoms with Gasteiger partial charge in [0, 0.05) is 12.3 Å². The maximum atomic E-state index is 11.9. The SMILES string of the molecule is O=C(OC[C@@H]1CC(=O)[C@H]1COC(=O)c1ccccc1)c1ccccc1. The third-order valence-electron chi connectivity index (χ3n) is 4.29. The summed E-state index contributed by atoms with van der Waals surface area (Å²) < 4.78 is 10.5. The number of rotatable bonds is 6. The van der Waals surface area contributed by atoms with E-state index in [9.17, 15) is 14.4 Å². The predicted octanol–water partition coefficient (Wildman–Crippen LogP) is 2.91. The lowest BCUT2D eigenvalue weighted by atomic mass is 9.73. The van der Waals surface area contributed by atoms with Crippen LogP contribution in [-0.4, -0.2) is 30.9 Å². The van der Waals surface area contributed by atoms with Gasteiger partial charge in [-0.25, -0.2) is 9.59 Å². The van der Waals surface area contributed by atoms with E-state index < -0.39 is 17.9 Å². The van der Waals surface area contributed by atoms with Gasteiger partial charge in [-0.15, -0.1) is 0 Å². The van der Waals surface area contributed by atoms with E-state index in [-0.39, 0.29) is 24.9 Å². The summed E-state index contributed by atoms with van der Waals surface area (Å²) >= 11 is 0. The van der Waals surface area contributed by atoms with Gasteiger partial charge in [0.15, 0.2) is 0 Å². The minimum absolute atomic E-state index is 0.0140. The first kappa shape index (κ1) is 16.9. The molecule has 0 aliphatic heterocycles. The molecule has 2 aromatic carbocycles. The first-order valence-electron chi connectivity index (χ1n) is 8.12. The summed E-state index contributed by atoms with van der Waals surface area (Å²) in [6.45, 7) is 0.160. The number of carbonyl (C=O) groups excluding carboxylic acids is 3. The van der Waals surface area contributed by atoms with Crippen LogP contribution in [0.4, 0.5) is 0 Å². The molecule has 0 saturated heterocycles. The second-order valence-electron chi connectivity index (χ2n) is 5.97. The van der Waals surface area contributed by atoms with E-state index in [4.69, 9.17) is 9.47 Å². The fraction of sp³-hybridized carbons (Fsp3) is 0.250. The van der Waals surface area contributed by atoms with Crippen molar-refractivity contribution in [2.45, 2.75) is 6.42 Å². The van der Waals surface area contributed by atoms with Crippen molar-refractivity contribution < 1.29 is 23.9 Å². The Bertz CT molecular complexity index is 754. The molecule has 1 fully saturated rings. The van der Waals surface area contributed by atoms with Crippen molar-refractivity contribution in [3.05, 3.63) is 71.8 Å². The van der Waals surface area contributed by atoms with Crippen molar-refractivity contribution in [1.29, 1.82) is 0 Å². The summed E-state index contributed by atoms with van der Waals surface area (Å²) in [7, 11) is 0. The van der Waals surface area contributed by atoms with Gasteiger partial charge in [-0.05, 0) is 24.3 Å². The lowest BCUT2D eigenvalue weighted by Gasteiger charge is -2.33. The molecule has 128 valence electrons. The van der Waals surface area contributed by atoms with Crippen molar-refractivity contribution in [2.24, 2.45) is 11.8 Å². The van der Waals surface area contributed by atoms with Crippen molar-refractivity contribution in [3.63, 3.8) is 0 Å². The van der Waals surface area contributed by atoms with Crippen LogP contribution in [0, 0.1) is 11.8 Å². The molecule has 0 aromatic heterocycles. The summed E-state index contributed by atoms with van der Waals surface area (Å²) in [5, 5.41) is 0. The van der Waals surface area contributed by atoms with E-state index in [0.717, 1.165) is 0 Å². The van der Waals surface area contributed by atoms with Crippen LogP contribution in [0.3, 0.4) is 0 Å². The molecule has 3 rings (SSSR count). The smallest absolute Gasteiger partial charge is 0.338 e. The second-order valence-corrected chi connectivity index (χ2v) is 5.97. The standard InChI is InChI=1S/C20H18O5/c21-18-11-16(12-24-19(22)14-7-3-1-4-8-14)17(18)13-25-20(23)15-9-5-2-6-10-15/h1-10,16-17H,11-13H2/t16-,17-/m0/s1. The van der Waals surface area contributed by atoms with Gasteiger partial charge >= 0.3 is 11.9 Å². The zero-order chi connectivity index (χ0) is 17.6. The molecule has 0 amide bonds. The zero-order valence-electron chi connectivity index (χ0n) is 13.6. The molecule has 1 saturated carbocycles. The fourth-order valence-electron chi connectivity index (χ4n) is 2.72. The maximum absolute atomic E-state index is 11.9. The number of hydrogen-bond acceptors (Lipinski definition) is 5. The highest BCUT2D eigenvalue weighted by atomic mass is 16.5. The molecule has 1 aliphatic rings. The third kappa shape index (κ3) is 4.12. The van der Waals surface area contributed by atoms with Crippen molar-refractivity contribution in [1.82, 2.24) is 0 Å². The lowest BCUT2D eigenvalue weighted by molar-refractivity contribution is -0.138. The minimum atomic E-state index is -0.458. The summed E-state index contributed by atoms with van der Waals surface area (Å²) in [6.07, 6.45) is 0.343. The van der Waals surface area contributed by atoms with E-state index in [1.807, 2.05) is 12.1 Å². The second kappa shape index (κ2) is 7.75. The average Bonchev–Trinajstić information content (AvgIpc) is 2.66. The number of ether oxygens (including phenoxy) is 2. The van der Waals surface area contributed by atoms with Gasteiger partial charge < -0.3 is 9.47 Å². The number of ketones is 1. The van der Waals surface area contributed by atoms with Crippen molar-refractivity contribution in [3.8, 4) is 0 Å². The van der Waals surface area contributed by atoms with Crippen LogP contribution in [0.2, 0.25) is 0 Å². The van der Waals surface area contributed by atoms with E-state index in [0.29, 0.717) is 17.5 Å². The Balaban J connectivity index is 1.48. The third-order valence-corrected chi connectivity index (χ3v) is 4.29. The molecule has 1 aliphatic carbocycles. The highest BCUT2D eigenvalue weighted by Gasteiger charge is 2.41. The largest absolute Gasteiger partial charge is 0.462 e. The van der Waals surface area contributed by atoms with Gasteiger partial charge in [0.05, 0.1) is 23.7 Å². The van der Waals surface area contributed by atoms with Gasteiger partial charge in [0.2, 0.25) is 0 Å². The number of benzene rings is 2. The van der Waals surface area contributed by atoms with Crippen molar-refractivity contribution in [2.75, 3.05) is 13.2 Å². The van der Waals surface area contributed by atoms with Gasteiger partial charge in [0.25, 0.3) is 0 Å². The molecule has 2 atom stereocenters. The molecule has 2 aromatic rings. The van der Waals surface area contributed by atoms with E-state index in [1.54, 1.807) is 48.5 Å². The molecule has 0 radical (unpaired) electrons. The molecular formula is C20H18O5. The lowest BCUT2D eigenvalue weighted by Crippen LogP contribution is -2.43. The molecular weight excluding hydrogens is 320 g/mol. The Morgan fingerprint density at radius 2 is 1.28 bits per heavy atom. The molecule has 0 bridgehead atoms. The van der Waals surface area contributed by atoms with Gasteiger partial charge in [-0.1, -0.05) is 36.4 Å². The molecule has 0 N–H and O–H groups in total. The van der Waals surface area contributed by atoms with Crippen LogP contribution in [0.15, 0.2) is 60.7 Å². The van der Waals surface area contributed by atoms with Gasteiger partial charge in [0.1, 0.15) is 12.4 Å². The van der Waals surface area contributed by atoms with Crippen LogP contribution in [-0.2, 0) is 14.3 Å². The molecule has 25 heavy (non-hydrogen) atoms. The summed E-state index contributed by atoms with van der Waals surface area (Å²) in [4.78, 5) is 35.6. The Morgan fingerprint density at radius 3 is 1.76 bits per heavy atom. The molecule has 5 heteroatoms. The normalized spacial score (nSPS) is 19.0. The predicted molar refractivity (Wildman–Crippen MR) is 90.1 cm³/mol. The average molecular weight is 338 g/mol. The summed E-state index contributed by atoms with van der Waals surface area (Å²) in [5.74, 6) is -1.36. The monoisotopic (exact) mass is 338 g/mol. The Labute approximate surface area is 145 Å². The summed E-state index contributed by atoms with van der Waals surface area (Å²) in [5.41, 5.74) is 0.918. The first-order chi connectivity index (χ1) is 12.1. The topological polar surface area (TPSA) is 69.7 Å². The van der Waals surface area contributed by atoms with Crippen LogP contribution < -0.4 is 0 Å². The highest BCUT2D eigenvalue weighted by Crippen LogP contribution is 2.31. The van der Waals surface area contributed by atoms with Crippen LogP contribution >= 0.6 is 0 Å². The van der Waals surface area contributed by atoms with E-state index in [1.165, 1.54) is 0 Å². The Morgan fingerprint density at radius 1 is 0.800 bits per heavy atom. The zero-order valence-corrected chi connectivity index (χ0v) is 13.6. The van der Waals surface area contributed by atoms with E-state index >= 15 is 0 Å². The molecule has 0 heterocycles. The number of carbonyl (C=O) groups is 3. The first-order valence-corrected chi connectivity index (χ1v) is 8.12. The van der Waals surface area contributed by atoms with Gasteiger partial charge in [-0.2, -0.15) is 0 Å². The number of hydrogen-bond donors (Lipinski definition) is 0. The molecule has 0 unspecified atom stereocenters.